The summed E-state index contributed by atoms with van der Waals surface area (Å²) in [6, 6.07) is 0. The topological polar surface area (TPSA) is 46.2 Å². The second kappa shape index (κ2) is 25.6. The van der Waals surface area contributed by atoms with Crippen LogP contribution in [0.2, 0.25) is 0 Å². The summed E-state index contributed by atoms with van der Waals surface area (Å²) >= 11 is 0. The average molecular weight is 607 g/mol. The smallest absolute Gasteiger partial charge is 0.146 e. The minimum absolute atomic E-state index is 0. The minimum Gasteiger partial charge on any atom is -0.381 e. The molecular formula is C37H82O5. The van der Waals surface area contributed by atoms with Crippen LogP contribution >= 0.6 is 0 Å². The van der Waals surface area contributed by atoms with Gasteiger partial charge in [-0.3, -0.25) is 0 Å². The molecule has 0 radical (unpaired) electrons. The van der Waals surface area contributed by atoms with Crippen LogP contribution in [0.5, 0.6) is 0 Å². The molecule has 0 aliphatic carbocycles. The van der Waals surface area contributed by atoms with E-state index in [4.69, 9.17) is 23.7 Å². The third-order valence-corrected chi connectivity index (χ3v) is 6.70. The van der Waals surface area contributed by atoms with Crippen LogP contribution in [0, 0.1) is 33.5 Å². The van der Waals surface area contributed by atoms with Crippen LogP contribution in [0.3, 0.4) is 0 Å². The van der Waals surface area contributed by atoms with Crippen molar-refractivity contribution in [3.05, 3.63) is 24.3 Å². The Kier molecular flexibility index (Phi) is 32.8. The summed E-state index contributed by atoms with van der Waals surface area (Å²) in [5.41, 5.74) is 3.53. The van der Waals surface area contributed by atoms with Crippen molar-refractivity contribution in [3.8, 4) is 0 Å². The summed E-state index contributed by atoms with van der Waals surface area (Å²) in [7, 11) is 3.38. The Balaban J connectivity index is -0.000000101. The Morgan fingerprint density at radius 2 is 1.26 bits per heavy atom. The molecule has 1 unspecified atom stereocenters. The van der Waals surface area contributed by atoms with Gasteiger partial charge in [0.15, 0.2) is 0 Å². The summed E-state index contributed by atoms with van der Waals surface area (Å²) in [4.78, 5) is 0. The number of methoxy groups -OCH3 is 2. The molecule has 0 N–H and O–H groups in total. The fourth-order valence-corrected chi connectivity index (χ4v) is 4.02. The van der Waals surface area contributed by atoms with Crippen LogP contribution in [-0.2, 0) is 23.7 Å². The molecule has 1 atom stereocenters. The molecule has 0 aromatic carbocycles. The lowest BCUT2D eigenvalue weighted by atomic mass is 9.76. The lowest BCUT2D eigenvalue weighted by molar-refractivity contribution is -0.167. The van der Waals surface area contributed by atoms with Gasteiger partial charge in [-0.25, -0.2) is 0 Å². The summed E-state index contributed by atoms with van der Waals surface area (Å²) in [5.74, 6) is 1.34. The van der Waals surface area contributed by atoms with Crippen molar-refractivity contribution in [2.75, 3.05) is 60.7 Å². The predicted octanol–water partition coefficient (Wildman–Crippen LogP) is 11.1. The first-order valence-corrected chi connectivity index (χ1v) is 14.3. The molecule has 42 heavy (non-hydrogen) atoms. The van der Waals surface area contributed by atoms with Crippen molar-refractivity contribution < 1.29 is 23.7 Å². The molecule has 5 nitrogen and oxygen atoms in total. The summed E-state index contributed by atoms with van der Waals surface area (Å²) in [5, 5.41) is 0. The second-order valence-electron chi connectivity index (χ2n) is 14.8. The molecule has 2 aliphatic rings. The zero-order chi connectivity index (χ0) is 30.2. The van der Waals surface area contributed by atoms with Gasteiger partial charge in [-0.1, -0.05) is 126 Å². The first-order valence-electron chi connectivity index (χ1n) is 14.3. The quantitative estimate of drug-likeness (QED) is 0.281. The maximum absolute atomic E-state index is 5.31. The van der Waals surface area contributed by atoms with E-state index in [0.717, 1.165) is 49.9 Å². The molecule has 0 saturated carbocycles. The molecule has 5 heteroatoms. The molecule has 2 rings (SSSR count). The van der Waals surface area contributed by atoms with E-state index >= 15 is 0 Å². The average Bonchev–Trinajstić information content (AvgIpc) is 3.29. The van der Waals surface area contributed by atoms with Gasteiger partial charge in [0.25, 0.3) is 0 Å². The van der Waals surface area contributed by atoms with Crippen LogP contribution in [0.1, 0.15) is 126 Å². The summed E-state index contributed by atoms with van der Waals surface area (Å²) in [6.45, 7) is 39.6. The van der Waals surface area contributed by atoms with Crippen molar-refractivity contribution >= 4 is 0 Å². The van der Waals surface area contributed by atoms with Crippen LogP contribution in [0.25, 0.3) is 0 Å². The van der Waals surface area contributed by atoms with E-state index < -0.39 is 0 Å². The highest BCUT2D eigenvalue weighted by molar-refractivity contribution is 5.04. The maximum atomic E-state index is 5.31. The molecule has 2 saturated heterocycles. The number of hydrogen-bond acceptors (Lipinski definition) is 5. The molecule has 0 aromatic heterocycles. The monoisotopic (exact) mass is 607 g/mol. The molecule has 2 heterocycles. The van der Waals surface area contributed by atoms with E-state index in [0.29, 0.717) is 36.8 Å². The van der Waals surface area contributed by atoms with E-state index in [1.54, 1.807) is 14.2 Å². The molecule has 260 valence electrons. The highest BCUT2D eigenvalue weighted by atomic mass is 16.7. The van der Waals surface area contributed by atoms with E-state index in [1.807, 2.05) is 0 Å². The molecular weight excluding hydrogens is 524 g/mol. The van der Waals surface area contributed by atoms with Gasteiger partial charge in [0.1, 0.15) is 6.79 Å². The number of rotatable bonds is 6. The van der Waals surface area contributed by atoms with Crippen LogP contribution in [0.4, 0.5) is 0 Å². The Labute approximate surface area is 267 Å². The van der Waals surface area contributed by atoms with Gasteiger partial charge < -0.3 is 23.7 Å². The number of ether oxygens (including phenoxy) is 5. The Morgan fingerprint density at radius 1 is 0.810 bits per heavy atom. The van der Waals surface area contributed by atoms with Gasteiger partial charge in [-0.15, -0.1) is 0 Å². The van der Waals surface area contributed by atoms with Crippen molar-refractivity contribution in [2.45, 2.75) is 126 Å². The van der Waals surface area contributed by atoms with E-state index in [1.165, 1.54) is 6.42 Å². The van der Waals surface area contributed by atoms with Crippen molar-refractivity contribution in [1.82, 2.24) is 0 Å². The Morgan fingerprint density at radius 3 is 1.48 bits per heavy atom. The molecule has 0 bridgehead atoms. The zero-order valence-electron chi connectivity index (χ0n) is 28.0. The summed E-state index contributed by atoms with van der Waals surface area (Å²) < 4.78 is 25.7. The van der Waals surface area contributed by atoms with Gasteiger partial charge in [-0.2, -0.15) is 0 Å². The van der Waals surface area contributed by atoms with Gasteiger partial charge in [0.05, 0.1) is 26.4 Å². The molecule has 2 aliphatic heterocycles. The summed E-state index contributed by atoms with van der Waals surface area (Å²) in [6.07, 6.45) is 2.41. The highest BCUT2D eigenvalue weighted by Crippen LogP contribution is 2.35. The number of hydrogen-bond donors (Lipinski definition) is 0. The third kappa shape index (κ3) is 29.4. The van der Waals surface area contributed by atoms with E-state index in [2.05, 4.69) is 96.2 Å². The maximum Gasteiger partial charge on any atom is 0.146 e. The fourth-order valence-electron chi connectivity index (χ4n) is 4.02. The predicted molar refractivity (Wildman–Crippen MR) is 191 cm³/mol. The van der Waals surface area contributed by atoms with Crippen LogP contribution in [0.15, 0.2) is 24.3 Å². The van der Waals surface area contributed by atoms with Crippen LogP contribution in [-0.4, -0.2) is 60.7 Å². The first kappa shape index (κ1) is 53.8. The highest BCUT2D eigenvalue weighted by Gasteiger charge is 2.33. The van der Waals surface area contributed by atoms with Gasteiger partial charge >= 0.3 is 0 Å². The third-order valence-electron chi connectivity index (χ3n) is 6.70. The molecule has 0 spiro atoms. The van der Waals surface area contributed by atoms with E-state index in [-0.39, 0.29) is 40.5 Å². The SMILES string of the molecule is C.C.C.C.C=C(COC)C(C)(C)C.C=C(COC)C(C)C.CC(C)(C)C1CCOC1.CC(C)(C)CC1(C)COCOC1. The van der Waals surface area contributed by atoms with E-state index in [9.17, 15) is 0 Å². The van der Waals surface area contributed by atoms with Gasteiger partial charge in [0, 0.05) is 32.8 Å². The minimum atomic E-state index is 0. The second-order valence-corrected chi connectivity index (χ2v) is 14.8. The lowest BCUT2D eigenvalue weighted by Gasteiger charge is -2.37. The Hall–Kier alpha value is -0.720. The molecule has 2 fully saturated rings. The van der Waals surface area contributed by atoms with Crippen LogP contribution < -0.4 is 0 Å². The van der Waals surface area contributed by atoms with Crippen molar-refractivity contribution in [1.29, 1.82) is 0 Å². The standard InChI is InChI=1S/C10H20O2.2C8H16O.C7H14O.4CH4/c1-9(2,3)5-10(4)6-11-8-12-7-10;1-8(2,3)7-4-5-9-6-7;1-7(6-9-5)8(2,3)4;1-6(2)7(3)5-8-4;;;;/h5-8H2,1-4H3;7H,4-6H2,1-3H3;1,6H2,2-5H3;6H,3,5H2,1-2,4H3;4*1H4. The first-order chi connectivity index (χ1) is 17.2. The lowest BCUT2D eigenvalue weighted by Crippen LogP contribution is -2.37. The largest absolute Gasteiger partial charge is 0.381 e. The fraction of sp³-hybridized carbons (Fsp3) is 0.892. The normalized spacial score (nSPS) is 17.5. The van der Waals surface area contributed by atoms with Gasteiger partial charge in [0.2, 0.25) is 0 Å². The zero-order valence-corrected chi connectivity index (χ0v) is 28.0. The van der Waals surface area contributed by atoms with Gasteiger partial charge in [-0.05, 0) is 52.1 Å². The Bertz CT molecular complexity index is 620. The molecule has 0 aromatic rings. The van der Waals surface area contributed by atoms with Crippen molar-refractivity contribution in [2.24, 2.45) is 33.5 Å². The van der Waals surface area contributed by atoms with Crippen molar-refractivity contribution in [3.63, 3.8) is 0 Å². The molecule has 0 amide bonds.